The van der Waals surface area contributed by atoms with Crippen LogP contribution < -0.4 is 14.8 Å². The fourth-order valence-electron chi connectivity index (χ4n) is 3.23. The summed E-state index contributed by atoms with van der Waals surface area (Å²) in [5.41, 5.74) is 1.40. The number of amides is 2. The third-order valence-electron chi connectivity index (χ3n) is 4.65. The number of methoxy groups -OCH3 is 2. The molecule has 1 aromatic heterocycles. The summed E-state index contributed by atoms with van der Waals surface area (Å²) in [7, 11) is 3.20. The molecule has 1 atom stereocenters. The molecule has 152 valence electrons. The second kappa shape index (κ2) is 9.45. The number of aromatic nitrogens is 1. The number of urea groups is 1. The Kier molecular flexibility index (Phi) is 6.76. The van der Waals surface area contributed by atoms with Gasteiger partial charge in [0.2, 0.25) is 0 Å². The minimum atomic E-state index is -0.137. The molecule has 1 N–H and O–H groups in total. The van der Waals surface area contributed by atoms with E-state index in [1.165, 1.54) is 0 Å². The molecule has 8 heteroatoms. The molecule has 1 saturated heterocycles. The van der Waals surface area contributed by atoms with Crippen molar-refractivity contribution in [3.63, 3.8) is 0 Å². The third kappa shape index (κ3) is 4.75. The zero-order valence-electron chi connectivity index (χ0n) is 16.6. The summed E-state index contributed by atoms with van der Waals surface area (Å²) in [6, 6.07) is 7.14. The van der Waals surface area contributed by atoms with E-state index in [-0.39, 0.29) is 12.1 Å². The summed E-state index contributed by atoms with van der Waals surface area (Å²) in [5, 5.41) is 6.99. The van der Waals surface area contributed by atoms with E-state index < -0.39 is 0 Å². The number of carbonyl (C=O) groups is 1. The van der Waals surface area contributed by atoms with Crippen molar-refractivity contribution >= 4 is 6.03 Å². The van der Waals surface area contributed by atoms with Crippen LogP contribution in [0.15, 0.2) is 28.8 Å². The number of hydrogen-bond donors (Lipinski definition) is 1. The molecular formula is C20H27N3O5. The van der Waals surface area contributed by atoms with Gasteiger partial charge in [-0.2, -0.15) is 0 Å². The summed E-state index contributed by atoms with van der Waals surface area (Å²) < 4.78 is 21.9. The summed E-state index contributed by atoms with van der Waals surface area (Å²) in [4.78, 5) is 14.2. The molecule has 0 radical (unpaired) electrons. The molecule has 0 unspecified atom stereocenters. The van der Waals surface area contributed by atoms with Crippen LogP contribution in [0.4, 0.5) is 4.79 Å². The smallest absolute Gasteiger partial charge is 0.317 e. The number of nitrogens with zero attached hydrogens (tertiary/aromatic N) is 2. The molecule has 2 aromatic rings. The number of benzene rings is 1. The van der Waals surface area contributed by atoms with Crippen LogP contribution in [0.25, 0.3) is 11.3 Å². The molecule has 3 rings (SSSR count). The van der Waals surface area contributed by atoms with Crippen molar-refractivity contribution in [3.8, 4) is 22.8 Å². The Labute approximate surface area is 164 Å². The van der Waals surface area contributed by atoms with E-state index in [4.69, 9.17) is 18.7 Å². The predicted octanol–water partition coefficient (Wildman–Crippen LogP) is 3.07. The minimum absolute atomic E-state index is 0.0625. The third-order valence-corrected chi connectivity index (χ3v) is 4.65. The van der Waals surface area contributed by atoms with Crippen molar-refractivity contribution in [2.45, 2.75) is 32.4 Å². The Balaban J connectivity index is 1.78. The van der Waals surface area contributed by atoms with Crippen LogP contribution in [0.2, 0.25) is 0 Å². The molecule has 28 heavy (non-hydrogen) atoms. The van der Waals surface area contributed by atoms with E-state index in [0.29, 0.717) is 42.6 Å². The van der Waals surface area contributed by atoms with E-state index in [1.54, 1.807) is 19.1 Å². The van der Waals surface area contributed by atoms with Crippen molar-refractivity contribution in [1.82, 2.24) is 15.4 Å². The Bertz CT molecular complexity index is 786. The van der Waals surface area contributed by atoms with Crippen LogP contribution in [0.1, 0.15) is 25.5 Å². The maximum Gasteiger partial charge on any atom is 0.317 e. The van der Waals surface area contributed by atoms with Crippen LogP contribution in [0, 0.1) is 0 Å². The standard InChI is InChI=1S/C20H27N3O5/c1-4-21-20(24)23(13-16-6-5-9-27-16)12-14-10-19(28-22-14)17-11-15(25-2)7-8-18(17)26-3/h7-8,10-11,16H,4-6,9,12-13H2,1-3H3,(H,21,24)/t16-/m0/s1. The fraction of sp³-hybridized carbons (Fsp3) is 0.500. The van der Waals surface area contributed by atoms with Gasteiger partial charge >= 0.3 is 6.03 Å². The van der Waals surface area contributed by atoms with E-state index in [0.717, 1.165) is 25.0 Å². The molecule has 0 bridgehead atoms. The summed E-state index contributed by atoms with van der Waals surface area (Å²) in [6.45, 7) is 4.06. The van der Waals surface area contributed by atoms with Crippen molar-refractivity contribution in [3.05, 3.63) is 30.0 Å². The van der Waals surface area contributed by atoms with Crippen molar-refractivity contribution in [2.75, 3.05) is 33.9 Å². The van der Waals surface area contributed by atoms with Gasteiger partial charge in [-0.15, -0.1) is 0 Å². The summed E-state index contributed by atoms with van der Waals surface area (Å²) >= 11 is 0. The predicted molar refractivity (Wildman–Crippen MR) is 103 cm³/mol. The van der Waals surface area contributed by atoms with Crippen molar-refractivity contribution in [2.24, 2.45) is 0 Å². The molecule has 0 spiro atoms. The molecule has 1 aliphatic rings. The summed E-state index contributed by atoms with van der Waals surface area (Å²) in [6.07, 6.45) is 2.05. The van der Waals surface area contributed by atoms with Gasteiger partial charge in [0.1, 0.15) is 17.2 Å². The minimum Gasteiger partial charge on any atom is -0.497 e. The highest BCUT2D eigenvalue weighted by Gasteiger charge is 2.24. The summed E-state index contributed by atoms with van der Waals surface area (Å²) in [5.74, 6) is 1.90. The van der Waals surface area contributed by atoms with Gasteiger partial charge in [0, 0.05) is 25.8 Å². The normalized spacial score (nSPS) is 16.0. The Morgan fingerprint density at radius 2 is 2.18 bits per heavy atom. The highest BCUT2D eigenvalue weighted by atomic mass is 16.5. The number of rotatable bonds is 8. The molecule has 1 aromatic carbocycles. The van der Waals surface area contributed by atoms with Gasteiger partial charge in [-0.3, -0.25) is 0 Å². The Morgan fingerprint density at radius 3 is 2.86 bits per heavy atom. The monoisotopic (exact) mass is 389 g/mol. The average molecular weight is 389 g/mol. The SMILES string of the molecule is CCNC(=O)N(Cc1cc(-c2cc(OC)ccc2OC)on1)C[C@@H]1CCCO1. The molecule has 1 fully saturated rings. The van der Waals surface area contributed by atoms with Gasteiger partial charge in [0.05, 0.1) is 32.4 Å². The van der Waals surface area contributed by atoms with Crippen LogP contribution in [-0.4, -0.2) is 56.1 Å². The number of hydrogen-bond acceptors (Lipinski definition) is 6. The maximum atomic E-state index is 12.5. The van der Waals surface area contributed by atoms with Gasteiger partial charge in [-0.1, -0.05) is 5.16 Å². The zero-order valence-corrected chi connectivity index (χ0v) is 16.6. The first-order chi connectivity index (χ1) is 13.6. The topological polar surface area (TPSA) is 86.1 Å². The average Bonchev–Trinajstić information content (AvgIpc) is 3.39. The zero-order chi connectivity index (χ0) is 19.9. The first-order valence-electron chi connectivity index (χ1n) is 9.47. The lowest BCUT2D eigenvalue weighted by atomic mass is 10.1. The lowest BCUT2D eigenvalue weighted by molar-refractivity contribution is 0.0790. The van der Waals surface area contributed by atoms with E-state index in [9.17, 15) is 4.79 Å². The quantitative estimate of drug-likeness (QED) is 0.747. The molecular weight excluding hydrogens is 362 g/mol. The van der Waals surface area contributed by atoms with Gasteiger partial charge in [-0.25, -0.2) is 4.79 Å². The number of nitrogens with one attached hydrogen (secondary N) is 1. The molecule has 8 nitrogen and oxygen atoms in total. The van der Waals surface area contributed by atoms with Gasteiger partial charge in [0.25, 0.3) is 0 Å². The fourth-order valence-corrected chi connectivity index (χ4v) is 3.23. The second-order valence-corrected chi connectivity index (χ2v) is 6.60. The first-order valence-corrected chi connectivity index (χ1v) is 9.47. The van der Waals surface area contributed by atoms with Gasteiger partial charge in [0.15, 0.2) is 5.76 Å². The highest BCUT2D eigenvalue weighted by molar-refractivity contribution is 5.74. The molecule has 1 aliphatic heterocycles. The maximum absolute atomic E-state index is 12.5. The molecule has 0 saturated carbocycles. The van der Waals surface area contributed by atoms with E-state index in [1.807, 2.05) is 31.2 Å². The lowest BCUT2D eigenvalue weighted by Crippen LogP contribution is -2.43. The van der Waals surface area contributed by atoms with Crippen LogP contribution in [0.5, 0.6) is 11.5 Å². The van der Waals surface area contributed by atoms with Gasteiger partial charge in [-0.05, 0) is 38.0 Å². The molecule has 2 heterocycles. The largest absolute Gasteiger partial charge is 0.497 e. The van der Waals surface area contributed by atoms with Gasteiger partial charge < -0.3 is 29.0 Å². The van der Waals surface area contributed by atoms with Crippen LogP contribution in [0.3, 0.4) is 0 Å². The molecule has 2 amide bonds. The van der Waals surface area contributed by atoms with E-state index in [2.05, 4.69) is 10.5 Å². The van der Waals surface area contributed by atoms with Crippen molar-refractivity contribution < 1.29 is 23.5 Å². The second-order valence-electron chi connectivity index (χ2n) is 6.60. The Morgan fingerprint density at radius 1 is 1.32 bits per heavy atom. The molecule has 0 aliphatic carbocycles. The first kappa shape index (κ1) is 20.0. The van der Waals surface area contributed by atoms with Crippen LogP contribution in [-0.2, 0) is 11.3 Å². The number of ether oxygens (including phenoxy) is 3. The Hall–Kier alpha value is -2.74. The number of carbonyl (C=O) groups excluding carboxylic acids is 1. The van der Waals surface area contributed by atoms with E-state index >= 15 is 0 Å². The highest BCUT2D eigenvalue weighted by Crippen LogP contribution is 2.34. The van der Waals surface area contributed by atoms with Crippen molar-refractivity contribution in [1.29, 1.82) is 0 Å². The van der Waals surface area contributed by atoms with Crippen LogP contribution >= 0.6 is 0 Å². The lowest BCUT2D eigenvalue weighted by Gasteiger charge is -2.24.